The van der Waals surface area contributed by atoms with Crippen molar-refractivity contribution in [1.29, 1.82) is 0 Å². The number of rotatable bonds is 2. The maximum Gasteiger partial charge on any atom is 0.224 e. The number of carbonyl (C=O) groups is 1. The summed E-state index contributed by atoms with van der Waals surface area (Å²) >= 11 is 1.57. The second-order valence-electron chi connectivity index (χ2n) is 5.19. The molecule has 3 rings (SSSR count). The van der Waals surface area contributed by atoms with Crippen LogP contribution in [-0.4, -0.2) is 11.0 Å². The van der Waals surface area contributed by atoms with Gasteiger partial charge in [-0.25, -0.2) is 0 Å². The number of aryl methyl sites for hydroxylation is 2. The standard InChI is InChI=1S/C16H17NO2S/c1-10-7-8-20-16(10)15(19)12-5-6-13-11(9-12)3-2-4-14(18)17-13/h5-9,15,19H,2-4H2,1H3,(H,17,18). The molecular weight excluding hydrogens is 270 g/mol. The zero-order valence-electron chi connectivity index (χ0n) is 11.3. The Balaban J connectivity index is 1.94. The van der Waals surface area contributed by atoms with Gasteiger partial charge in [-0.2, -0.15) is 0 Å². The van der Waals surface area contributed by atoms with E-state index in [1.54, 1.807) is 11.3 Å². The Kier molecular flexibility index (Phi) is 3.59. The van der Waals surface area contributed by atoms with Crippen LogP contribution in [0.2, 0.25) is 0 Å². The lowest BCUT2D eigenvalue weighted by Gasteiger charge is -2.14. The van der Waals surface area contributed by atoms with Gasteiger partial charge in [0.1, 0.15) is 6.10 Å². The summed E-state index contributed by atoms with van der Waals surface area (Å²) in [5.74, 6) is 0.0751. The van der Waals surface area contributed by atoms with Crippen molar-refractivity contribution >= 4 is 22.9 Å². The fourth-order valence-electron chi connectivity index (χ4n) is 2.58. The third-order valence-corrected chi connectivity index (χ3v) is 4.79. The Labute approximate surface area is 122 Å². The Bertz CT molecular complexity index is 648. The molecule has 1 aliphatic heterocycles. The minimum absolute atomic E-state index is 0.0751. The van der Waals surface area contributed by atoms with Gasteiger partial charge in [0.2, 0.25) is 5.91 Å². The lowest BCUT2D eigenvalue weighted by atomic mass is 10.00. The predicted molar refractivity (Wildman–Crippen MR) is 81.1 cm³/mol. The summed E-state index contributed by atoms with van der Waals surface area (Å²) in [7, 11) is 0. The molecule has 2 aromatic rings. The maximum atomic E-state index is 11.5. The molecule has 1 aliphatic rings. The van der Waals surface area contributed by atoms with Gasteiger partial charge >= 0.3 is 0 Å². The zero-order chi connectivity index (χ0) is 14.1. The largest absolute Gasteiger partial charge is 0.383 e. The minimum Gasteiger partial charge on any atom is -0.383 e. The average molecular weight is 287 g/mol. The van der Waals surface area contributed by atoms with Crippen molar-refractivity contribution in [2.75, 3.05) is 5.32 Å². The fourth-order valence-corrected chi connectivity index (χ4v) is 3.52. The number of hydrogen-bond donors (Lipinski definition) is 2. The zero-order valence-corrected chi connectivity index (χ0v) is 12.2. The molecule has 2 N–H and O–H groups in total. The third kappa shape index (κ3) is 2.49. The first kappa shape index (κ1) is 13.3. The Morgan fingerprint density at radius 3 is 2.90 bits per heavy atom. The highest BCUT2D eigenvalue weighted by Crippen LogP contribution is 2.32. The molecule has 3 nitrogen and oxygen atoms in total. The highest BCUT2D eigenvalue weighted by Gasteiger charge is 2.18. The van der Waals surface area contributed by atoms with Gasteiger partial charge in [-0.1, -0.05) is 12.1 Å². The van der Waals surface area contributed by atoms with Gasteiger partial charge in [-0.05, 0) is 54.0 Å². The predicted octanol–water partition coefficient (Wildman–Crippen LogP) is 3.41. The van der Waals surface area contributed by atoms with E-state index in [1.807, 2.05) is 36.6 Å². The molecule has 0 spiro atoms. The highest BCUT2D eigenvalue weighted by molar-refractivity contribution is 7.10. The molecule has 1 atom stereocenters. The SMILES string of the molecule is Cc1ccsc1C(O)c1ccc2c(c1)CCCC(=O)N2. The van der Waals surface area contributed by atoms with Crippen LogP contribution < -0.4 is 5.32 Å². The molecule has 0 bridgehead atoms. The number of benzene rings is 1. The van der Waals surface area contributed by atoms with Crippen molar-refractivity contribution in [2.45, 2.75) is 32.3 Å². The summed E-state index contributed by atoms with van der Waals surface area (Å²) in [5.41, 5.74) is 4.00. The van der Waals surface area contributed by atoms with Crippen LogP contribution in [0.1, 0.15) is 40.5 Å². The van der Waals surface area contributed by atoms with Crippen LogP contribution in [0.3, 0.4) is 0 Å². The van der Waals surface area contributed by atoms with Gasteiger partial charge in [0.25, 0.3) is 0 Å². The molecule has 0 saturated carbocycles. The van der Waals surface area contributed by atoms with Crippen molar-refractivity contribution < 1.29 is 9.90 Å². The van der Waals surface area contributed by atoms with Gasteiger partial charge in [0.05, 0.1) is 0 Å². The van der Waals surface area contributed by atoms with Crippen LogP contribution in [0, 0.1) is 6.92 Å². The summed E-state index contributed by atoms with van der Waals surface area (Å²) in [5, 5.41) is 15.4. The van der Waals surface area contributed by atoms with E-state index in [-0.39, 0.29) is 5.91 Å². The minimum atomic E-state index is -0.584. The number of thiophene rings is 1. The van der Waals surface area contributed by atoms with E-state index >= 15 is 0 Å². The summed E-state index contributed by atoms with van der Waals surface area (Å²) in [6, 6.07) is 7.84. The van der Waals surface area contributed by atoms with E-state index in [4.69, 9.17) is 0 Å². The van der Waals surface area contributed by atoms with E-state index in [9.17, 15) is 9.90 Å². The summed E-state index contributed by atoms with van der Waals surface area (Å²) < 4.78 is 0. The molecule has 20 heavy (non-hydrogen) atoms. The molecule has 1 aromatic heterocycles. The molecule has 0 radical (unpaired) electrons. The Morgan fingerprint density at radius 2 is 2.15 bits per heavy atom. The second kappa shape index (κ2) is 5.38. The van der Waals surface area contributed by atoms with Crippen LogP contribution in [-0.2, 0) is 11.2 Å². The average Bonchev–Trinajstić information content (AvgIpc) is 2.76. The maximum absolute atomic E-state index is 11.5. The molecule has 2 heterocycles. The van der Waals surface area contributed by atoms with Gasteiger partial charge in [-0.15, -0.1) is 11.3 Å². The quantitative estimate of drug-likeness (QED) is 0.889. The molecule has 1 aromatic carbocycles. The number of carbonyl (C=O) groups excluding carboxylic acids is 1. The van der Waals surface area contributed by atoms with E-state index in [1.165, 1.54) is 0 Å². The Morgan fingerprint density at radius 1 is 1.30 bits per heavy atom. The molecular formula is C16H17NO2S. The third-order valence-electron chi connectivity index (χ3n) is 3.72. The lowest BCUT2D eigenvalue weighted by molar-refractivity contribution is -0.116. The summed E-state index contributed by atoms with van der Waals surface area (Å²) in [6.45, 7) is 2.01. The number of hydrogen-bond acceptors (Lipinski definition) is 3. The molecule has 0 fully saturated rings. The summed E-state index contributed by atoms with van der Waals surface area (Å²) in [4.78, 5) is 12.5. The summed E-state index contributed by atoms with van der Waals surface area (Å²) in [6.07, 6.45) is 1.71. The molecule has 4 heteroatoms. The number of aliphatic hydroxyl groups excluding tert-OH is 1. The number of amides is 1. The van der Waals surface area contributed by atoms with E-state index < -0.39 is 6.10 Å². The van der Waals surface area contributed by atoms with Crippen molar-refractivity contribution in [3.05, 3.63) is 51.2 Å². The van der Waals surface area contributed by atoms with Crippen LogP contribution in [0.15, 0.2) is 29.6 Å². The highest BCUT2D eigenvalue weighted by atomic mass is 32.1. The smallest absolute Gasteiger partial charge is 0.224 e. The molecule has 1 unspecified atom stereocenters. The number of anilines is 1. The van der Waals surface area contributed by atoms with Crippen molar-refractivity contribution in [1.82, 2.24) is 0 Å². The molecule has 0 aliphatic carbocycles. The van der Waals surface area contributed by atoms with Crippen molar-refractivity contribution in [3.8, 4) is 0 Å². The first-order valence-electron chi connectivity index (χ1n) is 6.80. The fraction of sp³-hybridized carbons (Fsp3) is 0.312. The lowest BCUT2D eigenvalue weighted by Crippen LogP contribution is -2.09. The first-order chi connectivity index (χ1) is 9.65. The van der Waals surface area contributed by atoms with E-state index in [0.717, 1.165) is 40.1 Å². The van der Waals surface area contributed by atoms with Crippen LogP contribution in [0.4, 0.5) is 5.69 Å². The normalized spacial score (nSPS) is 16.2. The van der Waals surface area contributed by atoms with Gasteiger partial charge in [0.15, 0.2) is 0 Å². The molecule has 1 amide bonds. The van der Waals surface area contributed by atoms with Crippen molar-refractivity contribution in [3.63, 3.8) is 0 Å². The molecule has 104 valence electrons. The number of nitrogens with one attached hydrogen (secondary N) is 1. The van der Waals surface area contributed by atoms with Crippen LogP contribution in [0.5, 0.6) is 0 Å². The van der Waals surface area contributed by atoms with Gasteiger partial charge in [0, 0.05) is 17.0 Å². The van der Waals surface area contributed by atoms with Crippen LogP contribution >= 0.6 is 11.3 Å². The number of aliphatic hydroxyl groups is 1. The number of fused-ring (bicyclic) bond motifs is 1. The molecule has 0 saturated heterocycles. The Hall–Kier alpha value is -1.65. The van der Waals surface area contributed by atoms with Gasteiger partial charge in [-0.3, -0.25) is 4.79 Å². The van der Waals surface area contributed by atoms with Gasteiger partial charge < -0.3 is 10.4 Å². The first-order valence-corrected chi connectivity index (χ1v) is 7.68. The second-order valence-corrected chi connectivity index (χ2v) is 6.14. The van der Waals surface area contributed by atoms with E-state index in [0.29, 0.717) is 6.42 Å². The van der Waals surface area contributed by atoms with Crippen LogP contribution in [0.25, 0.3) is 0 Å². The monoisotopic (exact) mass is 287 g/mol. The topological polar surface area (TPSA) is 49.3 Å². The van der Waals surface area contributed by atoms with E-state index in [2.05, 4.69) is 5.32 Å². The van der Waals surface area contributed by atoms with Crippen molar-refractivity contribution in [2.24, 2.45) is 0 Å².